The van der Waals surface area contributed by atoms with E-state index in [9.17, 15) is 19.8 Å². The normalized spacial score (nSPS) is 17.8. The van der Waals surface area contributed by atoms with E-state index in [-0.39, 0.29) is 31.0 Å². The maximum atomic E-state index is 12.0. The standard InChI is InChI=1S/C36H35NO7S/c1-2-19-42-36(41)37-21-28-7-3-4-8-30(28)25-15-17-27(18-16-25)35-43-29(23-45-33-10-6-5-9-31(33)34(39)40)20-32(44-35)26-13-11-24(22-38)12-14-26/h2-18,29,32,35,38H,1,19-23H2,(H,37,41)(H,39,40). The number of aliphatic hydroxyl groups excluding tert-OH is 1. The summed E-state index contributed by atoms with van der Waals surface area (Å²) in [6.07, 6.45) is 0.474. The van der Waals surface area contributed by atoms with Crippen LogP contribution in [-0.2, 0) is 27.4 Å². The average molecular weight is 626 g/mol. The third-order valence-corrected chi connectivity index (χ3v) is 8.63. The number of carboxylic acids is 1. The Morgan fingerprint density at radius 3 is 2.38 bits per heavy atom. The molecule has 0 saturated carbocycles. The number of rotatable bonds is 12. The van der Waals surface area contributed by atoms with E-state index in [0.717, 1.165) is 33.4 Å². The topological polar surface area (TPSA) is 114 Å². The first kappa shape index (κ1) is 32.0. The molecule has 1 aliphatic rings. The van der Waals surface area contributed by atoms with E-state index < -0.39 is 18.4 Å². The van der Waals surface area contributed by atoms with Crippen molar-refractivity contribution in [2.75, 3.05) is 12.4 Å². The van der Waals surface area contributed by atoms with Gasteiger partial charge in [0.1, 0.15) is 6.61 Å². The first-order valence-electron chi connectivity index (χ1n) is 14.6. The molecular formula is C36H35NO7S. The van der Waals surface area contributed by atoms with E-state index in [4.69, 9.17) is 14.2 Å². The van der Waals surface area contributed by atoms with Crippen LogP contribution in [0.25, 0.3) is 11.1 Å². The molecule has 1 aliphatic heterocycles. The van der Waals surface area contributed by atoms with Crippen molar-refractivity contribution in [1.29, 1.82) is 0 Å². The van der Waals surface area contributed by atoms with E-state index in [0.29, 0.717) is 23.6 Å². The molecule has 45 heavy (non-hydrogen) atoms. The summed E-state index contributed by atoms with van der Waals surface area (Å²) in [5.41, 5.74) is 5.80. The number of benzene rings is 4. The van der Waals surface area contributed by atoms with Gasteiger partial charge in [-0.15, -0.1) is 11.8 Å². The molecule has 232 valence electrons. The maximum Gasteiger partial charge on any atom is 0.407 e. The Hall–Kier alpha value is -4.41. The van der Waals surface area contributed by atoms with Gasteiger partial charge in [-0.3, -0.25) is 0 Å². The van der Waals surface area contributed by atoms with Crippen LogP contribution in [-0.4, -0.2) is 40.7 Å². The average Bonchev–Trinajstić information content (AvgIpc) is 3.09. The summed E-state index contributed by atoms with van der Waals surface area (Å²) >= 11 is 1.46. The van der Waals surface area contributed by atoms with Gasteiger partial charge in [-0.2, -0.15) is 0 Å². The molecule has 3 atom stereocenters. The summed E-state index contributed by atoms with van der Waals surface area (Å²) in [4.78, 5) is 24.4. The fourth-order valence-corrected chi connectivity index (χ4v) is 6.17. The van der Waals surface area contributed by atoms with Crippen LogP contribution in [0.5, 0.6) is 0 Å². The minimum Gasteiger partial charge on any atom is -0.478 e. The summed E-state index contributed by atoms with van der Waals surface area (Å²) in [5.74, 6) is -0.418. The van der Waals surface area contributed by atoms with Crippen molar-refractivity contribution in [3.8, 4) is 11.1 Å². The first-order valence-corrected chi connectivity index (χ1v) is 15.6. The van der Waals surface area contributed by atoms with Crippen LogP contribution in [0, 0.1) is 0 Å². The zero-order valence-electron chi connectivity index (χ0n) is 24.6. The van der Waals surface area contributed by atoms with Crippen LogP contribution in [0.15, 0.2) is 115 Å². The third-order valence-electron chi connectivity index (χ3n) is 7.42. The highest BCUT2D eigenvalue weighted by atomic mass is 32.2. The molecule has 3 unspecified atom stereocenters. The van der Waals surface area contributed by atoms with Crippen molar-refractivity contribution in [3.63, 3.8) is 0 Å². The van der Waals surface area contributed by atoms with Crippen molar-refractivity contribution in [1.82, 2.24) is 5.32 Å². The molecule has 0 spiro atoms. The number of aliphatic hydroxyl groups is 1. The summed E-state index contributed by atoms with van der Waals surface area (Å²) < 4.78 is 18.0. The number of hydrogen-bond acceptors (Lipinski definition) is 7. The number of hydrogen-bond donors (Lipinski definition) is 3. The Morgan fingerprint density at radius 2 is 1.64 bits per heavy atom. The van der Waals surface area contributed by atoms with Crippen LogP contribution in [0.4, 0.5) is 4.79 Å². The van der Waals surface area contributed by atoms with Gasteiger partial charge in [0, 0.05) is 29.2 Å². The zero-order chi connectivity index (χ0) is 31.6. The Morgan fingerprint density at radius 1 is 0.933 bits per heavy atom. The molecule has 0 radical (unpaired) electrons. The molecule has 0 aromatic heterocycles. The molecule has 9 heteroatoms. The molecule has 1 saturated heterocycles. The number of ether oxygens (including phenoxy) is 3. The quantitative estimate of drug-likeness (QED) is 0.111. The summed E-state index contributed by atoms with van der Waals surface area (Å²) in [6, 6.07) is 30.5. The number of nitrogens with one attached hydrogen (secondary N) is 1. The maximum absolute atomic E-state index is 12.0. The van der Waals surface area contributed by atoms with Crippen molar-refractivity contribution >= 4 is 23.8 Å². The largest absolute Gasteiger partial charge is 0.478 e. The van der Waals surface area contributed by atoms with Gasteiger partial charge in [-0.1, -0.05) is 97.6 Å². The van der Waals surface area contributed by atoms with E-state index in [1.807, 2.05) is 84.9 Å². The van der Waals surface area contributed by atoms with Crippen molar-refractivity contribution in [2.45, 2.75) is 43.0 Å². The lowest BCUT2D eigenvalue weighted by atomic mass is 9.98. The lowest BCUT2D eigenvalue weighted by Crippen LogP contribution is -2.31. The van der Waals surface area contributed by atoms with Gasteiger partial charge >= 0.3 is 12.1 Å². The minimum atomic E-state index is -0.962. The highest BCUT2D eigenvalue weighted by molar-refractivity contribution is 7.99. The molecule has 8 nitrogen and oxygen atoms in total. The molecule has 1 fully saturated rings. The second-order valence-electron chi connectivity index (χ2n) is 10.5. The first-order chi connectivity index (χ1) is 21.9. The smallest absolute Gasteiger partial charge is 0.407 e. The van der Waals surface area contributed by atoms with Crippen molar-refractivity contribution in [2.24, 2.45) is 0 Å². The molecule has 4 aromatic carbocycles. The zero-order valence-corrected chi connectivity index (χ0v) is 25.5. The van der Waals surface area contributed by atoms with Crippen LogP contribution in [0.2, 0.25) is 0 Å². The third kappa shape index (κ3) is 8.40. The van der Waals surface area contributed by atoms with Crippen LogP contribution >= 0.6 is 11.8 Å². The lowest BCUT2D eigenvalue weighted by Gasteiger charge is -2.36. The van der Waals surface area contributed by atoms with Gasteiger partial charge in [-0.25, -0.2) is 9.59 Å². The number of aromatic carboxylic acids is 1. The fourth-order valence-electron chi connectivity index (χ4n) is 5.10. The molecule has 1 heterocycles. The van der Waals surface area contributed by atoms with Crippen LogP contribution in [0.3, 0.4) is 0 Å². The molecule has 1 amide bonds. The van der Waals surface area contributed by atoms with Gasteiger partial charge in [0.2, 0.25) is 0 Å². The minimum absolute atomic E-state index is 0.0370. The highest BCUT2D eigenvalue weighted by Gasteiger charge is 2.32. The molecule has 0 aliphatic carbocycles. The van der Waals surface area contributed by atoms with Crippen LogP contribution < -0.4 is 5.32 Å². The van der Waals surface area contributed by atoms with E-state index in [1.54, 1.807) is 12.1 Å². The number of carboxylic acid groups (broad SMARTS) is 1. The highest BCUT2D eigenvalue weighted by Crippen LogP contribution is 2.40. The van der Waals surface area contributed by atoms with Gasteiger partial charge in [0.25, 0.3) is 0 Å². The Bertz CT molecular complexity index is 1610. The van der Waals surface area contributed by atoms with Gasteiger partial charge < -0.3 is 29.7 Å². The van der Waals surface area contributed by atoms with Crippen LogP contribution in [0.1, 0.15) is 51.4 Å². The Labute approximate surface area is 266 Å². The summed E-state index contributed by atoms with van der Waals surface area (Å²) in [6.45, 7) is 3.97. The second kappa shape index (κ2) is 15.5. The van der Waals surface area contributed by atoms with Gasteiger partial charge in [0.05, 0.1) is 24.4 Å². The molecule has 4 aromatic rings. The molecule has 3 N–H and O–H groups in total. The number of carbonyl (C=O) groups is 2. The molecule has 0 bridgehead atoms. The number of carbonyl (C=O) groups excluding carboxylic acids is 1. The lowest BCUT2D eigenvalue weighted by molar-refractivity contribution is -0.245. The van der Waals surface area contributed by atoms with Gasteiger partial charge in [0.15, 0.2) is 6.29 Å². The Balaban J connectivity index is 1.34. The number of alkyl carbamates (subject to hydrolysis) is 1. The number of amides is 1. The second-order valence-corrected chi connectivity index (χ2v) is 11.5. The SMILES string of the molecule is C=CCOC(=O)NCc1ccccc1-c1ccc(C2OC(CSc3ccccc3C(=O)O)CC(c3ccc(CO)cc3)O2)cc1. The van der Waals surface area contributed by atoms with E-state index in [1.165, 1.54) is 17.8 Å². The molecule has 5 rings (SSSR count). The van der Waals surface area contributed by atoms with Crippen molar-refractivity contribution in [3.05, 3.63) is 138 Å². The van der Waals surface area contributed by atoms with E-state index in [2.05, 4.69) is 11.9 Å². The summed E-state index contributed by atoms with van der Waals surface area (Å²) in [7, 11) is 0. The van der Waals surface area contributed by atoms with Crippen molar-refractivity contribution < 1.29 is 34.0 Å². The predicted molar refractivity (Wildman–Crippen MR) is 173 cm³/mol. The predicted octanol–water partition coefficient (Wildman–Crippen LogP) is 7.29. The summed E-state index contributed by atoms with van der Waals surface area (Å²) in [5, 5.41) is 21.9. The van der Waals surface area contributed by atoms with E-state index >= 15 is 0 Å². The Kier molecular flexibility index (Phi) is 11.1. The fraction of sp³-hybridized carbons (Fsp3) is 0.222. The number of thioether (sulfide) groups is 1. The monoisotopic (exact) mass is 625 g/mol. The molecular weight excluding hydrogens is 590 g/mol. The van der Waals surface area contributed by atoms with Gasteiger partial charge in [-0.05, 0) is 39.9 Å².